The van der Waals surface area contributed by atoms with E-state index in [1.165, 1.54) is 13.2 Å². The van der Waals surface area contributed by atoms with Crippen molar-refractivity contribution in [1.29, 1.82) is 0 Å². The SMILES string of the molecule is COCC(=O)N[C@H]1[C@H](O)[C@H](O)C[C@@H]1c1ccc(C(F)(F)F)nc1. The van der Waals surface area contributed by atoms with Crippen LogP contribution in [0.2, 0.25) is 0 Å². The van der Waals surface area contributed by atoms with Gasteiger partial charge in [-0.05, 0) is 18.1 Å². The molecule has 1 aromatic heterocycles. The van der Waals surface area contributed by atoms with Crippen molar-refractivity contribution >= 4 is 5.91 Å². The van der Waals surface area contributed by atoms with Gasteiger partial charge in [0, 0.05) is 19.2 Å². The van der Waals surface area contributed by atoms with Crippen molar-refractivity contribution < 1.29 is 32.9 Å². The number of aliphatic hydroxyl groups excluding tert-OH is 2. The molecule has 0 saturated heterocycles. The van der Waals surface area contributed by atoms with Gasteiger partial charge in [-0.2, -0.15) is 13.2 Å². The number of aromatic nitrogens is 1. The van der Waals surface area contributed by atoms with Crippen LogP contribution >= 0.6 is 0 Å². The third-order valence-corrected chi connectivity index (χ3v) is 3.80. The number of pyridine rings is 1. The Hall–Kier alpha value is -1.71. The Balaban J connectivity index is 2.20. The maximum Gasteiger partial charge on any atom is 0.433 e. The van der Waals surface area contributed by atoms with Gasteiger partial charge in [-0.25, -0.2) is 0 Å². The van der Waals surface area contributed by atoms with Gasteiger partial charge in [0.2, 0.25) is 5.91 Å². The van der Waals surface area contributed by atoms with Crippen molar-refractivity contribution in [3.63, 3.8) is 0 Å². The van der Waals surface area contributed by atoms with Crippen LogP contribution in [0.25, 0.3) is 0 Å². The molecule has 9 heteroatoms. The Bertz CT molecular complexity index is 550. The summed E-state index contributed by atoms with van der Waals surface area (Å²) in [5.41, 5.74) is -0.628. The summed E-state index contributed by atoms with van der Waals surface area (Å²) in [5.74, 6) is -1.04. The summed E-state index contributed by atoms with van der Waals surface area (Å²) in [6.07, 6.45) is -5.70. The molecule has 128 valence electrons. The number of nitrogens with zero attached hydrogens (tertiary/aromatic N) is 1. The van der Waals surface area contributed by atoms with Crippen LogP contribution in [-0.4, -0.2) is 53.1 Å². The predicted octanol–water partition coefficient (Wildman–Crippen LogP) is 0.441. The molecular formula is C14H17F3N2O4. The first-order chi connectivity index (χ1) is 10.7. The van der Waals surface area contributed by atoms with E-state index < -0.39 is 41.9 Å². The van der Waals surface area contributed by atoms with Crippen molar-refractivity contribution in [2.75, 3.05) is 13.7 Å². The third kappa shape index (κ3) is 3.98. The van der Waals surface area contributed by atoms with E-state index in [0.29, 0.717) is 5.56 Å². The normalized spacial score (nSPS) is 27.9. The molecule has 1 aliphatic carbocycles. The van der Waals surface area contributed by atoms with Crippen molar-refractivity contribution in [2.45, 2.75) is 36.8 Å². The van der Waals surface area contributed by atoms with Crippen LogP contribution in [0.5, 0.6) is 0 Å². The van der Waals surface area contributed by atoms with Gasteiger partial charge in [0.25, 0.3) is 0 Å². The number of halogens is 3. The summed E-state index contributed by atoms with van der Waals surface area (Å²) in [6.45, 7) is -0.225. The lowest BCUT2D eigenvalue weighted by Crippen LogP contribution is -2.46. The minimum atomic E-state index is -4.54. The molecule has 1 amide bonds. The molecule has 0 unspecified atom stereocenters. The second-order valence-corrected chi connectivity index (χ2v) is 5.40. The molecule has 6 nitrogen and oxygen atoms in total. The Morgan fingerprint density at radius 2 is 2.13 bits per heavy atom. The highest BCUT2D eigenvalue weighted by molar-refractivity contribution is 5.77. The van der Waals surface area contributed by atoms with E-state index in [0.717, 1.165) is 12.3 Å². The highest BCUT2D eigenvalue weighted by Crippen LogP contribution is 2.36. The molecule has 3 N–H and O–H groups in total. The van der Waals surface area contributed by atoms with Crippen molar-refractivity contribution in [3.8, 4) is 0 Å². The van der Waals surface area contributed by atoms with Crippen LogP contribution < -0.4 is 5.32 Å². The number of methoxy groups -OCH3 is 1. The zero-order chi connectivity index (χ0) is 17.2. The number of hydrogen-bond acceptors (Lipinski definition) is 5. The third-order valence-electron chi connectivity index (χ3n) is 3.80. The number of ether oxygens (including phenoxy) is 1. The summed E-state index contributed by atoms with van der Waals surface area (Å²) in [4.78, 5) is 15.0. The fraction of sp³-hybridized carbons (Fsp3) is 0.571. The van der Waals surface area contributed by atoms with Gasteiger partial charge in [-0.15, -0.1) is 0 Å². The Kier molecular flexibility index (Phi) is 5.23. The average Bonchev–Trinajstić information content (AvgIpc) is 2.75. The lowest BCUT2D eigenvalue weighted by atomic mass is 9.94. The van der Waals surface area contributed by atoms with Crippen LogP contribution in [0.3, 0.4) is 0 Å². The minimum absolute atomic E-state index is 0.103. The fourth-order valence-electron chi connectivity index (χ4n) is 2.70. The van der Waals surface area contributed by atoms with Crippen LogP contribution in [0.1, 0.15) is 23.6 Å². The maximum atomic E-state index is 12.5. The number of carbonyl (C=O) groups is 1. The van der Waals surface area contributed by atoms with E-state index in [2.05, 4.69) is 15.0 Å². The monoisotopic (exact) mass is 334 g/mol. The van der Waals surface area contributed by atoms with Crippen LogP contribution in [-0.2, 0) is 15.7 Å². The first kappa shape index (κ1) is 17.6. The zero-order valence-corrected chi connectivity index (χ0v) is 12.2. The topological polar surface area (TPSA) is 91.7 Å². The number of alkyl halides is 3. The molecule has 1 aromatic rings. The summed E-state index contributed by atoms with van der Waals surface area (Å²) in [7, 11) is 1.33. The lowest BCUT2D eigenvalue weighted by molar-refractivity contribution is -0.141. The molecule has 0 spiro atoms. The predicted molar refractivity (Wildman–Crippen MR) is 72.4 cm³/mol. The molecular weight excluding hydrogens is 317 g/mol. The minimum Gasteiger partial charge on any atom is -0.390 e. The first-order valence-electron chi connectivity index (χ1n) is 6.91. The Labute approximate surface area is 130 Å². The number of carbonyl (C=O) groups excluding carboxylic acids is 1. The molecule has 2 rings (SSSR count). The number of amides is 1. The summed E-state index contributed by atoms with van der Waals surface area (Å²) in [6, 6.07) is 1.24. The molecule has 0 radical (unpaired) electrons. The summed E-state index contributed by atoms with van der Waals surface area (Å²) in [5, 5.41) is 22.3. The van der Waals surface area contributed by atoms with E-state index in [1.807, 2.05) is 0 Å². The second kappa shape index (κ2) is 6.81. The Morgan fingerprint density at radius 3 is 2.65 bits per heavy atom. The van der Waals surface area contributed by atoms with Crippen molar-refractivity contribution in [3.05, 3.63) is 29.6 Å². The molecule has 1 fully saturated rings. The lowest BCUT2D eigenvalue weighted by Gasteiger charge is -2.23. The van der Waals surface area contributed by atoms with E-state index in [1.54, 1.807) is 0 Å². The molecule has 1 saturated carbocycles. The van der Waals surface area contributed by atoms with Crippen molar-refractivity contribution in [1.82, 2.24) is 10.3 Å². The average molecular weight is 334 g/mol. The zero-order valence-electron chi connectivity index (χ0n) is 12.2. The smallest absolute Gasteiger partial charge is 0.390 e. The fourth-order valence-corrected chi connectivity index (χ4v) is 2.70. The van der Waals surface area contributed by atoms with Gasteiger partial charge in [-0.3, -0.25) is 9.78 Å². The highest BCUT2D eigenvalue weighted by Gasteiger charge is 2.43. The van der Waals surface area contributed by atoms with Crippen molar-refractivity contribution in [2.24, 2.45) is 0 Å². The maximum absolute atomic E-state index is 12.5. The first-order valence-corrected chi connectivity index (χ1v) is 6.91. The second-order valence-electron chi connectivity index (χ2n) is 5.40. The van der Waals surface area contributed by atoms with Gasteiger partial charge in [0.1, 0.15) is 18.4 Å². The molecule has 1 heterocycles. The molecule has 0 aromatic carbocycles. The molecule has 23 heavy (non-hydrogen) atoms. The van der Waals surface area contributed by atoms with Crippen LogP contribution in [0.4, 0.5) is 13.2 Å². The largest absolute Gasteiger partial charge is 0.433 e. The molecule has 0 bridgehead atoms. The molecule has 4 atom stereocenters. The van der Waals surface area contributed by atoms with Gasteiger partial charge in [0.15, 0.2) is 0 Å². The number of hydrogen-bond donors (Lipinski definition) is 3. The van der Waals surface area contributed by atoms with Gasteiger partial charge in [-0.1, -0.05) is 6.07 Å². The van der Waals surface area contributed by atoms with Gasteiger partial charge < -0.3 is 20.3 Å². The molecule has 1 aliphatic rings. The molecule has 0 aliphatic heterocycles. The van der Waals surface area contributed by atoms with Crippen LogP contribution in [0.15, 0.2) is 18.3 Å². The van der Waals surface area contributed by atoms with E-state index >= 15 is 0 Å². The van der Waals surface area contributed by atoms with E-state index in [4.69, 9.17) is 0 Å². The summed E-state index contributed by atoms with van der Waals surface area (Å²) < 4.78 is 42.3. The number of aliphatic hydroxyl groups is 2. The number of rotatable bonds is 4. The Morgan fingerprint density at radius 1 is 1.43 bits per heavy atom. The van der Waals surface area contributed by atoms with E-state index in [-0.39, 0.29) is 13.0 Å². The highest BCUT2D eigenvalue weighted by atomic mass is 19.4. The summed E-state index contributed by atoms with van der Waals surface area (Å²) >= 11 is 0. The van der Waals surface area contributed by atoms with Gasteiger partial charge >= 0.3 is 6.18 Å². The number of nitrogens with one attached hydrogen (secondary N) is 1. The van der Waals surface area contributed by atoms with E-state index in [9.17, 15) is 28.2 Å². The van der Waals surface area contributed by atoms with Gasteiger partial charge in [0.05, 0.1) is 12.1 Å². The van der Waals surface area contributed by atoms with Crippen LogP contribution in [0, 0.1) is 0 Å². The standard InChI is InChI=1S/C14H17F3N2O4/c1-23-6-11(21)19-12-8(4-9(20)13(12)22)7-2-3-10(18-5-7)14(15,16)17/h2-3,5,8-9,12-13,20,22H,4,6H2,1H3,(H,19,21)/t8-,9-,12-,13-/m1/s1. The quantitative estimate of drug-likeness (QED) is 0.743.